The SMILES string of the molecule is Cc1cccc([C@@H]2c3cc(O[C@@H](C)C(=O)Nc4ccc(F)cc4)ccc3CCN2C(=O)C2CC2)c1. The van der Waals surface area contributed by atoms with Crippen LogP contribution in [0.2, 0.25) is 0 Å². The molecule has 1 aliphatic carbocycles. The van der Waals surface area contributed by atoms with E-state index in [1.807, 2.05) is 29.2 Å². The van der Waals surface area contributed by atoms with Crippen LogP contribution in [0.5, 0.6) is 5.75 Å². The summed E-state index contributed by atoms with van der Waals surface area (Å²) in [6.07, 6.45) is 1.96. The molecule has 1 fully saturated rings. The van der Waals surface area contributed by atoms with Crippen molar-refractivity contribution >= 4 is 17.5 Å². The predicted octanol–water partition coefficient (Wildman–Crippen LogP) is 5.42. The van der Waals surface area contributed by atoms with E-state index in [0.29, 0.717) is 18.0 Å². The van der Waals surface area contributed by atoms with Gasteiger partial charge in [0.05, 0.1) is 6.04 Å². The maximum absolute atomic E-state index is 13.2. The molecule has 0 bridgehead atoms. The van der Waals surface area contributed by atoms with Gasteiger partial charge in [0.2, 0.25) is 5.91 Å². The van der Waals surface area contributed by atoms with Crippen LogP contribution in [-0.2, 0) is 16.0 Å². The van der Waals surface area contributed by atoms with Gasteiger partial charge in [0.1, 0.15) is 11.6 Å². The van der Waals surface area contributed by atoms with E-state index in [4.69, 9.17) is 4.74 Å². The van der Waals surface area contributed by atoms with E-state index in [1.165, 1.54) is 29.8 Å². The molecule has 1 heterocycles. The summed E-state index contributed by atoms with van der Waals surface area (Å²) in [5, 5.41) is 2.75. The van der Waals surface area contributed by atoms with Crippen molar-refractivity contribution in [2.45, 2.75) is 45.3 Å². The smallest absolute Gasteiger partial charge is 0.265 e. The van der Waals surface area contributed by atoms with Gasteiger partial charge in [0.15, 0.2) is 6.10 Å². The van der Waals surface area contributed by atoms with Crippen molar-refractivity contribution in [3.8, 4) is 5.75 Å². The van der Waals surface area contributed by atoms with Gasteiger partial charge in [0.25, 0.3) is 5.91 Å². The van der Waals surface area contributed by atoms with Gasteiger partial charge in [-0.2, -0.15) is 0 Å². The molecule has 2 amide bonds. The van der Waals surface area contributed by atoms with Gasteiger partial charge >= 0.3 is 0 Å². The van der Waals surface area contributed by atoms with E-state index in [2.05, 4.69) is 30.4 Å². The lowest BCUT2D eigenvalue weighted by Crippen LogP contribution is -2.41. The van der Waals surface area contributed by atoms with Crippen LogP contribution in [-0.4, -0.2) is 29.4 Å². The maximum Gasteiger partial charge on any atom is 0.265 e. The molecule has 6 heteroatoms. The summed E-state index contributed by atoms with van der Waals surface area (Å²) in [4.78, 5) is 27.9. The minimum atomic E-state index is -0.761. The Morgan fingerprint density at radius 3 is 2.54 bits per heavy atom. The summed E-state index contributed by atoms with van der Waals surface area (Å²) >= 11 is 0. The third-order valence-electron chi connectivity index (χ3n) is 6.71. The Balaban J connectivity index is 1.40. The van der Waals surface area contributed by atoms with E-state index >= 15 is 0 Å². The Kier molecular flexibility index (Phi) is 6.29. The number of rotatable bonds is 6. The summed E-state index contributed by atoms with van der Waals surface area (Å²) in [6.45, 7) is 4.43. The molecule has 1 saturated carbocycles. The number of carbonyl (C=O) groups is 2. The van der Waals surface area contributed by atoms with E-state index in [0.717, 1.165) is 36.0 Å². The Morgan fingerprint density at radius 1 is 1.06 bits per heavy atom. The lowest BCUT2D eigenvalue weighted by atomic mass is 9.87. The second-order valence-corrected chi connectivity index (χ2v) is 9.49. The van der Waals surface area contributed by atoms with Crippen molar-refractivity contribution < 1.29 is 18.7 Å². The number of ether oxygens (including phenoxy) is 1. The molecule has 5 rings (SSSR count). The number of fused-ring (bicyclic) bond motifs is 1. The van der Waals surface area contributed by atoms with Crippen LogP contribution in [0.15, 0.2) is 66.7 Å². The zero-order chi connectivity index (χ0) is 24.5. The standard InChI is InChI=1S/C29H29FN2O3/c1-18-4-3-5-22(16-18)27-26-17-25(13-8-20(26)14-15-32(27)29(34)21-6-7-21)35-19(2)28(33)31-24-11-9-23(30)10-12-24/h3-5,8-13,16-17,19,21,27H,6-7,14-15H2,1-2H3,(H,31,33)/t19-,27+/m0/s1. The zero-order valence-corrected chi connectivity index (χ0v) is 20.0. The van der Waals surface area contributed by atoms with E-state index in [1.54, 1.807) is 6.92 Å². The fraction of sp³-hybridized carbons (Fsp3) is 0.310. The Bertz CT molecular complexity index is 1250. The largest absolute Gasteiger partial charge is 0.481 e. The molecule has 35 heavy (non-hydrogen) atoms. The van der Waals surface area contributed by atoms with Crippen LogP contribution < -0.4 is 10.1 Å². The molecular weight excluding hydrogens is 443 g/mol. The summed E-state index contributed by atoms with van der Waals surface area (Å²) in [5.74, 6) is 0.247. The highest BCUT2D eigenvalue weighted by Crippen LogP contribution is 2.41. The summed E-state index contributed by atoms with van der Waals surface area (Å²) in [6, 6.07) is 19.6. The molecule has 3 aromatic carbocycles. The number of anilines is 1. The van der Waals surface area contributed by atoms with E-state index in [9.17, 15) is 14.0 Å². The lowest BCUT2D eigenvalue weighted by molar-refractivity contribution is -0.134. The normalized spacial score (nSPS) is 17.9. The summed E-state index contributed by atoms with van der Waals surface area (Å²) < 4.78 is 19.2. The lowest BCUT2D eigenvalue weighted by Gasteiger charge is -2.38. The van der Waals surface area contributed by atoms with E-state index < -0.39 is 6.10 Å². The van der Waals surface area contributed by atoms with Crippen molar-refractivity contribution in [3.63, 3.8) is 0 Å². The van der Waals surface area contributed by atoms with E-state index in [-0.39, 0.29) is 29.6 Å². The fourth-order valence-corrected chi connectivity index (χ4v) is 4.70. The molecule has 1 N–H and O–H groups in total. The highest BCUT2D eigenvalue weighted by Gasteiger charge is 2.39. The average Bonchev–Trinajstić information content (AvgIpc) is 3.70. The van der Waals surface area contributed by atoms with Gasteiger partial charge in [-0.3, -0.25) is 9.59 Å². The topological polar surface area (TPSA) is 58.6 Å². The highest BCUT2D eigenvalue weighted by molar-refractivity contribution is 5.94. The minimum Gasteiger partial charge on any atom is -0.481 e. The van der Waals surface area contributed by atoms with Crippen LogP contribution in [0.25, 0.3) is 0 Å². The highest BCUT2D eigenvalue weighted by atomic mass is 19.1. The van der Waals surface area contributed by atoms with Gasteiger partial charge in [-0.15, -0.1) is 0 Å². The van der Waals surface area contributed by atoms with Gasteiger partial charge in [-0.05, 0) is 86.2 Å². The first-order valence-corrected chi connectivity index (χ1v) is 12.1. The minimum absolute atomic E-state index is 0.137. The second kappa shape index (κ2) is 9.53. The monoisotopic (exact) mass is 472 g/mol. The molecule has 180 valence electrons. The number of amides is 2. The number of benzene rings is 3. The van der Waals surface area contributed by atoms with Gasteiger partial charge in [-0.1, -0.05) is 35.9 Å². The molecule has 2 atom stereocenters. The number of hydrogen-bond donors (Lipinski definition) is 1. The van der Waals surface area contributed by atoms with Crippen LogP contribution in [0.3, 0.4) is 0 Å². The van der Waals surface area contributed by atoms with Crippen molar-refractivity contribution in [1.29, 1.82) is 0 Å². The van der Waals surface area contributed by atoms with Crippen LogP contribution in [0.1, 0.15) is 48.1 Å². The number of aryl methyl sites for hydroxylation is 1. The third kappa shape index (κ3) is 5.06. The van der Waals surface area contributed by atoms with Crippen molar-refractivity contribution in [2.24, 2.45) is 5.92 Å². The maximum atomic E-state index is 13.2. The second-order valence-electron chi connectivity index (χ2n) is 9.49. The molecular formula is C29H29FN2O3. The predicted molar refractivity (Wildman–Crippen MR) is 133 cm³/mol. The van der Waals surface area contributed by atoms with Crippen LogP contribution in [0.4, 0.5) is 10.1 Å². The fourth-order valence-electron chi connectivity index (χ4n) is 4.70. The molecule has 0 unspecified atom stereocenters. The first-order chi connectivity index (χ1) is 16.9. The van der Waals surface area contributed by atoms with Crippen molar-refractivity contribution in [3.05, 3.63) is 94.8 Å². The quantitative estimate of drug-likeness (QED) is 0.521. The zero-order valence-electron chi connectivity index (χ0n) is 20.0. The third-order valence-corrected chi connectivity index (χ3v) is 6.71. The first kappa shape index (κ1) is 23.1. The number of hydrogen-bond acceptors (Lipinski definition) is 3. The van der Waals surface area contributed by atoms with Crippen LogP contribution >= 0.6 is 0 Å². The summed E-state index contributed by atoms with van der Waals surface area (Å²) in [7, 11) is 0. The number of halogens is 1. The van der Waals surface area contributed by atoms with Gasteiger partial charge in [0, 0.05) is 18.2 Å². The van der Waals surface area contributed by atoms with Crippen LogP contribution in [0, 0.1) is 18.7 Å². The van der Waals surface area contributed by atoms with Crippen molar-refractivity contribution in [1.82, 2.24) is 4.90 Å². The molecule has 3 aromatic rings. The Labute approximate surface area is 204 Å². The van der Waals surface area contributed by atoms with Crippen molar-refractivity contribution in [2.75, 3.05) is 11.9 Å². The Hall–Kier alpha value is -3.67. The molecule has 0 aromatic heterocycles. The average molecular weight is 473 g/mol. The molecule has 5 nitrogen and oxygen atoms in total. The van der Waals surface area contributed by atoms with Gasteiger partial charge in [-0.25, -0.2) is 4.39 Å². The number of nitrogens with zero attached hydrogens (tertiary/aromatic N) is 1. The Morgan fingerprint density at radius 2 is 1.83 bits per heavy atom. The number of nitrogens with one attached hydrogen (secondary N) is 1. The summed E-state index contributed by atoms with van der Waals surface area (Å²) in [5.41, 5.74) is 4.96. The molecule has 2 aliphatic rings. The number of carbonyl (C=O) groups excluding carboxylic acids is 2. The first-order valence-electron chi connectivity index (χ1n) is 12.1. The molecule has 0 saturated heterocycles. The molecule has 0 spiro atoms. The molecule has 0 radical (unpaired) electrons. The van der Waals surface area contributed by atoms with Gasteiger partial charge < -0.3 is 15.0 Å². The molecule has 1 aliphatic heterocycles.